The van der Waals surface area contributed by atoms with E-state index in [1.807, 2.05) is 19.2 Å². The number of nitrogens with one attached hydrogen (secondary N) is 1. The molecule has 0 aliphatic heterocycles. The quantitative estimate of drug-likeness (QED) is 0.773. The monoisotopic (exact) mass is 275 g/mol. The smallest absolute Gasteiger partial charge is 0.169 e. The molecule has 0 bridgehead atoms. The summed E-state index contributed by atoms with van der Waals surface area (Å²) in [5, 5.41) is 8.22. The molecule has 3 aromatic rings. The third kappa shape index (κ3) is 2.07. The minimum atomic E-state index is -0.319. The van der Waals surface area contributed by atoms with Gasteiger partial charge in [-0.1, -0.05) is 12.1 Å². The summed E-state index contributed by atoms with van der Waals surface area (Å²) in [6.45, 7) is 2.07. The van der Waals surface area contributed by atoms with Gasteiger partial charge in [0.25, 0.3) is 0 Å². The zero-order chi connectivity index (χ0) is 13.4. The Labute approximate surface area is 114 Å². The maximum absolute atomic E-state index is 13.7. The van der Waals surface area contributed by atoms with Crippen LogP contribution in [0.4, 0.5) is 4.39 Å². The van der Waals surface area contributed by atoms with Crippen LogP contribution in [-0.4, -0.2) is 7.05 Å². The molecule has 0 aliphatic carbocycles. The molecule has 0 saturated heterocycles. The number of fused-ring (bicyclic) bond motifs is 1. The van der Waals surface area contributed by atoms with E-state index in [0.29, 0.717) is 5.58 Å². The highest BCUT2D eigenvalue weighted by molar-refractivity contribution is 7.08. The van der Waals surface area contributed by atoms with Gasteiger partial charge in [-0.05, 0) is 48.0 Å². The van der Waals surface area contributed by atoms with E-state index < -0.39 is 0 Å². The topological polar surface area (TPSA) is 25.2 Å². The summed E-state index contributed by atoms with van der Waals surface area (Å²) in [6, 6.07) is 6.83. The molecule has 1 N–H and O–H groups in total. The van der Waals surface area contributed by atoms with Gasteiger partial charge in [-0.25, -0.2) is 4.39 Å². The lowest BCUT2D eigenvalue weighted by atomic mass is 10.0. The van der Waals surface area contributed by atoms with Gasteiger partial charge >= 0.3 is 0 Å². The number of furan rings is 1. The molecule has 0 saturated carbocycles. The summed E-state index contributed by atoms with van der Waals surface area (Å²) in [7, 11) is 1.88. The van der Waals surface area contributed by atoms with Crippen LogP contribution in [0, 0.1) is 12.7 Å². The number of hydrogen-bond acceptors (Lipinski definition) is 3. The van der Waals surface area contributed by atoms with Crippen LogP contribution in [0.15, 0.2) is 39.4 Å². The van der Waals surface area contributed by atoms with Crippen molar-refractivity contribution in [2.75, 3.05) is 7.05 Å². The SMILES string of the molecule is CNC(c1cc2cccc(F)c2o1)c1cscc1C. The Morgan fingerprint density at radius 2 is 2.16 bits per heavy atom. The number of hydrogen-bond donors (Lipinski definition) is 1. The highest BCUT2D eigenvalue weighted by Gasteiger charge is 2.20. The van der Waals surface area contributed by atoms with E-state index in [1.54, 1.807) is 17.4 Å². The van der Waals surface area contributed by atoms with Crippen LogP contribution < -0.4 is 5.32 Å². The van der Waals surface area contributed by atoms with Crippen molar-refractivity contribution in [3.8, 4) is 0 Å². The van der Waals surface area contributed by atoms with Crippen LogP contribution in [0.25, 0.3) is 11.0 Å². The second-order valence-corrected chi connectivity index (χ2v) is 5.28. The second kappa shape index (κ2) is 4.79. The van der Waals surface area contributed by atoms with Crippen molar-refractivity contribution in [2.24, 2.45) is 0 Å². The third-order valence-corrected chi connectivity index (χ3v) is 4.17. The molecule has 2 nitrogen and oxygen atoms in total. The molecule has 2 heterocycles. The molecular formula is C15H14FNOS. The number of rotatable bonds is 3. The van der Waals surface area contributed by atoms with Crippen molar-refractivity contribution in [1.29, 1.82) is 0 Å². The first-order chi connectivity index (χ1) is 9.20. The number of thiophene rings is 1. The fraction of sp³-hybridized carbons (Fsp3) is 0.200. The summed E-state index contributed by atoms with van der Waals surface area (Å²) in [4.78, 5) is 0. The standard InChI is InChI=1S/C15H14FNOS/c1-9-7-19-8-11(9)14(17-2)13-6-10-4-3-5-12(16)15(10)18-13/h3-8,14,17H,1-2H3. The molecule has 0 radical (unpaired) electrons. The van der Waals surface area contributed by atoms with Crippen LogP contribution in [0.5, 0.6) is 0 Å². The van der Waals surface area contributed by atoms with Gasteiger partial charge in [0, 0.05) is 5.39 Å². The summed E-state index contributed by atoms with van der Waals surface area (Å²) >= 11 is 1.66. The first kappa shape index (κ1) is 12.4. The van der Waals surface area contributed by atoms with E-state index in [-0.39, 0.29) is 11.9 Å². The van der Waals surface area contributed by atoms with E-state index in [9.17, 15) is 4.39 Å². The fourth-order valence-corrected chi connectivity index (χ4v) is 3.18. The molecule has 1 aromatic carbocycles. The predicted octanol–water partition coefficient (Wildman–Crippen LogP) is 4.25. The van der Waals surface area contributed by atoms with E-state index in [4.69, 9.17) is 4.42 Å². The minimum Gasteiger partial charge on any atom is -0.456 e. The summed E-state index contributed by atoms with van der Waals surface area (Å²) in [5.41, 5.74) is 2.71. The number of aryl methyl sites for hydroxylation is 1. The molecule has 1 unspecified atom stereocenters. The van der Waals surface area contributed by atoms with E-state index in [0.717, 1.165) is 11.1 Å². The second-order valence-electron chi connectivity index (χ2n) is 4.54. The largest absolute Gasteiger partial charge is 0.456 e. The van der Waals surface area contributed by atoms with Crippen LogP contribution in [-0.2, 0) is 0 Å². The maximum Gasteiger partial charge on any atom is 0.169 e. The summed E-state index contributed by atoms with van der Waals surface area (Å²) in [6.07, 6.45) is 0. The fourth-order valence-electron chi connectivity index (χ4n) is 2.31. The Morgan fingerprint density at radius 1 is 1.32 bits per heavy atom. The van der Waals surface area contributed by atoms with Crippen molar-refractivity contribution in [1.82, 2.24) is 5.32 Å². The molecule has 19 heavy (non-hydrogen) atoms. The van der Waals surface area contributed by atoms with Crippen molar-refractivity contribution in [2.45, 2.75) is 13.0 Å². The van der Waals surface area contributed by atoms with Crippen LogP contribution in [0.1, 0.15) is 22.9 Å². The minimum absolute atomic E-state index is 0.0435. The Hall–Kier alpha value is -1.65. The van der Waals surface area contributed by atoms with E-state index in [2.05, 4.69) is 23.0 Å². The highest BCUT2D eigenvalue weighted by Crippen LogP contribution is 2.32. The van der Waals surface area contributed by atoms with Crippen LogP contribution in [0.3, 0.4) is 0 Å². The zero-order valence-electron chi connectivity index (χ0n) is 10.7. The van der Waals surface area contributed by atoms with Gasteiger partial charge in [0.15, 0.2) is 11.4 Å². The van der Waals surface area contributed by atoms with Gasteiger partial charge in [-0.2, -0.15) is 11.3 Å². The lowest BCUT2D eigenvalue weighted by Crippen LogP contribution is -2.17. The number of para-hydroxylation sites is 1. The Morgan fingerprint density at radius 3 is 2.79 bits per heavy atom. The molecule has 0 fully saturated rings. The molecule has 2 aromatic heterocycles. The van der Waals surface area contributed by atoms with Gasteiger partial charge in [-0.3, -0.25) is 0 Å². The first-order valence-corrected chi connectivity index (χ1v) is 7.03. The van der Waals surface area contributed by atoms with E-state index in [1.165, 1.54) is 17.2 Å². The van der Waals surface area contributed by atoms with Gasteiger partial charge in [0.2, 0.25) is 0 Å². The molecule has 0 aliphatic rings. The van der Waals surface area contributed by atoms with Gasteiger partial charge < -0.3 is 9.73 Å². The molecule has 3 rings (SSSR count). The molecule has 98 valence electrons. The van der Waals surface area contributed by atoms with Crippen LogP contribution >= 0.6 is 11.3 Å². The molecule has 0 amide bonds. The first-order valence-electron chi connectivity index (χ1n) is 6.08. The van der Waals surface area contributed by atoms with Gasteiger partial charge in [0.05, 0.1) is 6.04 Å². The predicted molar refractivity (Wildman–Crippen MR) is 76.1 cm³/mol. The summed E-state index contributed by atoms with van der Waals surface area (Å²) < 4.78 is 19.4. The Kier molecular flexibility index (Phi) is 3.12. The van der Waals surface area contributed by atoms with Gasteiger partial charge in [0.1, 0.15) is 5.76 Å². The highest BCUT2D eigenvalue weighted by atomic mass is 32.1. The Bertz CT molecular complexity index is 716. The van der Waals surface area contributed by atoms with Crippen molar-refractivity contribution in [3.63, 3.8) is 0 Å². The zero-order valence-corrected chi connectivity index (χ0v) is 11.6. The number of halogens is 1. The lowest BCUT2D eigenvalue weighted by Gasteiger charge is -2.13. The number of benzene rings is 1. The normalized spacial score (nSPS) is 13.0. The summed E-state index contributed by atoms with van der Waals surface area (Å²) in [5.74, 6) is 0.421. The maximum atomic E-state index is 13.7. The van der Waals surface area contributed by atoms with Gasteiger partial charge in [-0.15, -0.1) is 0 Å². The molecule has 1 atom stereocenters. The molecule has 4 heteroatoms. The van der Waals surface area contributed by atoms with Crippen molar-refractivity contribution >= 4 is 22.3 Å². The average molecular weight is 275 g/mol. The average Bonchev–Trinajstić information content (AvgIpc) is 2.99. The van der Waals surface area contributed by atoms with Crippen molar-refractivity contribution in [3.05, 3.63) is 57.7 Å². The van der Waals surface area contributed by atoms with Crippen LogP contribution in [0.2, 0.25) is 0 Å². The van der Waals surface area contributed by atoms with E-state index >= 15 is 0 Å². The molecular weight excluding hydrogens is 261 g/mol. The Balaban J connectivity index is 2.12. The third-order valence-electron chi connectivity index (χ3n) is 3.29. The van der Waals surface area contributed by atoms with Crippen molar-refractivity contribution < 1.29 is 8.81 Å². The lowest BCUT2D eigenvalue weighted by molar-refractivity contribution is 0.476. The molecule has 0 spiro atoms.